The third kappa shape index (κ3) is 2.67. The summed E-state index contributed by atoms with van der Waals surface area (Å²) in [6, 6.07) is 5.64. The number of aromatic nitrogens is 2. The summed E-state index contributed by atoms with van der Waals surface area (Å²) in [5.74, 6) is -0.743. The molecule has 1 aromatic heterocycles. The van der Waals surface area contributed by atoms with Gasteiger partial charge in [0.25, 0.3) is 0 Å². The van der Waals surface area contributed by atoms with E-state index >= 15 is 0 Å². The number of rotatable bonds is 4. The molecule has 1 saturated heterocycles. The number of likely N-dealkylation sites (tertiary alicyclic amines) is 1. The van der Waals surface area contributed by atoms with Crippen LogP contribution in [0.1, 0.15) is 23.2 Å². The number of hydrogen-bond acceptors (Lipinski definition) is 3. The number of nitrogens with zero attached hydrogens (tertiary/aromatic N) is 3. The van der Waals surface area contributed by atoms with Gasteiger partial charge in [-0.25, -0.2) is 4.39 Å². The molecule has 1 fully saturated rings. The molecule has 0 spiro atoms. The Balaban J connectivity index is 1.73. The van der Waals surface area contributed by atoms with Crippen LogP contribution in [0.5, 0.6) is 0 Å². The molecule has 6 heteroatoms. The first-order valence-corrected chi connectivity index (χ1v) is 6.84. The molecular formula is C15H17FN4O. The van der Waals surface area contributed by atoms with Crippen molar-refractivity contribution in [2.24, 2.45) is 5.73 Å². The summed E-state index contributed by atoms with van der Waals surface area (Å²) in [5.41, 5.74) is 7.34. The van der Waals surface area contributed by atoms with E-state index in [2.05, 4.69) is 5.10 Å². The predicted molar refractivity (Wildman–Crippen MR) is 75.9 cm³/mol. The summed E-state index contributed by atoms with van der Waals surface area (Å²) in [7, 11) is 0. The smallest absolute Gasteiger partial charge is 0.239 e. The van der Waals surface area contributed by atoms with Crippen LogP contribution in [-0.4, -0.2) is 33.7 Å². The first-order chi connectivity index (χ1) is 10.0. The number of amides is 1. The van der Waals surface area contributed by atoms with Crippen LogP contribution in [0.3, 0.4) is 0 Å². The molecule has 3 rings (SSSR count). The van der Waals surface area contributed by atoms with Gasteiger partial charge in [0.2, 0.25) is 5.91 Å². The molecule has 1 atom stereocenters. The molecule has 5 nitrogen and oxygen atoms in total. The fourth-order valence-corrected chi connectivity index (χ4v) is 2.70. The van der Waals surface area contributed by atoms with Crippen LogP contribution in [0.15, 0.2) is 36.7 Å². The van der Waals surface area contributed by atoms with E-state index in [-0.39, 0.29) is 11.9 Å². The molecule has 0 radical (unpaired) electrons. The Morgan fingerprint density at radius 2 is 2.05 bits per heavy atom. The Morgan fingerprint density at radius 1 is 1.38 bits per heavy atom. The molecule has 0 bridgehead atoms. The summed E-state index contributed by atoms with van der Waals surface area (Å²) < 4.78 is 14.9. The Morgan fingerprint density at radius 3 is 2.57 bits per heavy atom. The first-order valence-electron chi connectivity index (χ1n) is 6.84. The molecule has 2 N–H and O–H groups in total. The van der Waals surface area contributed by atoms with Crippen LogP contribution in [0.25, 0.3) is 0 Å². The van der Waals surface area contributed by atoms with E-state index in [0.717, 1.165) is 11.1 Å². The zero-order chi connectivity index (χ0) is 15.0. The van der Waals surface area contributed by atoms with Crippen molar-refractivity contribution >= 4 is 5.91 Å². The lowest BCUT2D eigenvalue weighted by Gasteiger charge is -2.43. The van der Waals surface area contributed by atoms with E-state index in [1.165, 1.54) is 12.1 Å². The van der Waals surface area contributed by atoms with Crippen molar-refractivity contribution in [1.82, 2.24) is 14.7 Å². The van der Waals surface area contributed by atoms with Gasteiger partial charge in [0, 0.05) is 19.3 Å². The van der Waals surface area contributed by atoms with Crippen molar-refractivity contribution in [3.05, 3.63) is 53.6 Å². The second-order valence-corrected chi connectivity index (χ2v) is 5.46. The number of carbonyl (C=O) groups excluding carboxylic acids is 1. The van der Waals surface area contributed by atoms with Gasteiger partial charge in [-0.15, -0.1) is 0 Å². The number of hydrogen-bond donors (Lipinski definition) is 1. The predicted octanol–water partition coefficient (Wildman–Crippen LogP) is 1.41. The van der Waals surface area contributed by atoms with Gasteiger partial charge in [0.15, 0.2) is 0 Å². The highest BCUT2D eigenvalue weighted by molar-refractivity contribution is 5.81. The van der Waals surface area contributed by atoms with E-state index < -0.39 is 11.9 Å². The van der Waals surface area contributed by atoms with Crippen LogP contribution < -0.4 is 5.73 Å². The molecule has 21 heavy (non-hydrogen) atoms. The van der Waals surface area contributed by atoms with E-state index in [1.807, 2.05) is 28.9 Å². The summed E-state index contributed by atoms with van der Waals surface area (Å²) >= 11 is 0. The number of carbonyl (C=O) groups is 1. The molecular weight excluding hydrogens is 271 g/mol. The average molecular weight is 288 g/mol. The fourth-order valence-electron chi connectivity index (χ4n) is 2.70. The zero-order valence-electron chi connectivity index (χ0n) is 11.7. The van der Waals surface area contributed by atoms with Crippen molar-refractivity contribution in [1.29, 1.82) is 0 Å². The van der Waals surface area contributed by atoms with E-state index in [0.29, 0.717) is 13.1 Å². The number of primary amides is 1. The Hall–Kier alpha value is -2.21. The minimum absolute atomic E-state index is 0.251. The lowest BCUT2D eigenvalue weighted by Crippen LogP contribution is -2.52. The van der Waals surface area contributed by atoms with Crippen molar-refractivity contribution in [3.63, 3.8) is 0 Å². The van der Waals surface area contributed by atoms with Gasteiger partial charge in [0.1, 0.15) is 11.9 Å². The Kier molecular flexibility index (Phi) is 3.47. The minimum Gasteiger partial charge on any atom is -0.368 e. The topological polar surface area (TPSA) is 64.2 Å². The quantitative estimate of drug-likeness (QED) is 0.925. The van der Waals surface area contributed by atoms with Crippen LogP contribution >= 0.6 is 0 Å². The molecule has 110 valence electrons. The lowest BCUT2D eigenvalue weighted by molar-refractivity contribution is -0.126. The second-order valence-electron chi connectivity index (χ2n) is 5.46. The average Bonchev–Trinajstić information content (AvgIpc) is 2.80. The molecule has 1 aliphatic rings. The number of benzene rings is 1. The van der Waals surface area contributed by atoms with Crippen molar-refractivity contribution < 1.29 is 9.18 Å². The lowest BCUT2D eigenvalue weighted by atomic mass is 9.98. The van der Waals surface area contributed by atoms with Crippen LogP contribution in [0.2, 0.25) is 0 Å². The summed E-state index contributed by atoms with van der Waals surface area (Å²) in [5, 5.41) is 4.28. The van der Waals surface area contributed by atoms with Gasteiger partial charge in [0.05, 0.1) is 12.2 Å². The highest BCUT2D eigenvalue weighted by atomic mass is 19.1. The third-order valence-corrected chi connectivity index (χ3v) is 3.82. The van der Waals surface area contributed by atoms with Gasteiger partial charge in [-0.1, -0.05) is 12.1 Å². The van der Waals surface area contributed by atoms with Crippen molar-refractivity contribution in [3.8, 4) is 0 Å². The summed E-state index contributed by atoms with van der Waals surface area (Å²) in [4.78, 5) is 13.7. The Bertz CT molecular complexity index is 646. The van der Waals surface area contributed by atoms with Crippen LogP contribution in [0.4, 0.5) is 4.39 Å². The first kappa shape index (κ1) is 13.8. The zero-order valence-corrected chi connectivity index (χ0v) is 11.7. The molecule has 2 aromatic rings. The molecule has 1 aromatic carbocycles. The van der Waals surface area contributed by atoms with E-state index in [1.54, 1.807) is 12.1 Å². The maximum Gasteiger partial charge on any atom is 0.239 e. The Labute approximate surface area is 122 Å². The van der Waals surface area contributed by atoms with Gasteiger partial charge < -0.3 is 5.73 Å². The summed E-state index contributed by atoms with van der Waals surface area (Å²) in [6.07, 6.45) is 3.80. The molecule has 0 aliphatic carbocycles. The third-order valence-electron chi connectivity index (χ3n) is 3.82. The molecule has 0 saturated carbocycles. The largest absolute Gasteiger partial charge is 0.368 e. The minimum atomic E-state index is -0.515. The van der Waals surface area contributed by atoms with Gasteiger partial charge in [-0.2, -0.15) is 5.10 Å². The normalized spacial score (nSPS) is 17.4. The SMILES string of the molecule is Cc1cnn(C2CN([C@@H](C(N)=O)c3ccc(F)cc3)C2)c1. The van der Waals surface area contributed by atoms with Crippen molar-refractivity contribution in [2.45, 2.75) is 19.0 Å². The highest BCUT2D eigenvalue weighted by Gasteiger charge is 2.37. The number of nitrogens with two attached hydrogens (primary N) is 1. The standard InChI is InChI=1S/C15H17FN4O/c1-10-6-18-20(7-10)13-8-19(9-13)14(15(17)21)11-2-4-12(16)5-3-11/h2-7,13-14H,8-9H2,1H3,(H2,17,21)/t14-/m1/s1. The van der Waals surface area contributed by atoms with Crippen molar-refractivity contribution in [2.75, 3.05) is 13.1 Å². The van der Waals surface area contributed by atoms with Crippen LogP contribution in [-0.2, 0) is 4.79 Å². The monoisotopic (exact) mass is 288 g/mol. The molecule has 1 aliphatic heterocycles. The maximum atomic E-state index is 13.0. The second kappa shape index (κ2) is 5.29. The van der Waals surface area contributed by atoms with E-state index in [4.69, 9.17) is 5.73 Å². The van der Waals surface area contributed by atoms with Gasteiger partial charge in [-0.05, 0) is 30.2 Å². The fraction of sp³-hybridized carbons (Fsp3) is 0.333. The molecule has 0 unspecified atom stereocenters. The number of aryl methyl sites for hydroxylation is 1. The van der Waals surface area contributed by atoms with Gasteiger partial charge in [-0.3, -0.25) is 14.4 Å². The van der Waals surface area contributed by atoms with E-state index in [9.17, 15) is 9.18 Å². The maximum absolute atomic E-state index is 13.0. The number of halogens is 1. The summed E-state index contributed by atoms with van der Waals surface area (Å²) in [6.45, 7) is 3.39. The molecule has 1 amide bonds. The van der Waals surface area contributed by atoms with Crippen LogP contribution in [0, 0.1) is 12.7 Å². The molecule has 2 heterocycles. The van der Waals surface area contributed by atoms with Gasteiger partial charge >= 0.3 is 0 Å². The highest BCUT2D eigenvalue weighted by Crippen LogP contribution is 2.31.